The summed E-state index contributed by atoms with van der Waals surface area (Å²) in [6.45, 7) is 1.59. The van der Waals surface area contributed by atoms with Crippen molar-refractivity contribution in [2.45, 2.75) is 13.0 Å². The second-order valence-corrected chi connectivity index (χ2v) is 2.08. The second-order valence-electron chi connectivity index (χ2n) is 2.08. The smallest absolute Gasteiger partial charge is 0.321 e. The Morgan fingerprint density at radius 3 is 2.22 bits per heavy atom. The Kier molecular flexibility index (Phi) is 3.19. The van der Waals surface area contributed by atoms with Gasteiger partial charge < -0.3 is 5.11 Å². The zero-order valence-electron chi connectivity index (χ0n) is 5.88. The van der Waals surface area contributed by atoms with E-state index in [0.717, 1.165) is 0 Å². The van der Waals surface area contributed by atoms with Gasteiger partial charge in [-0.15, -0.1) is 0 Å². The van der Waals surface area contributed by atoms with Gasteiger partial charge in [0.25, 0.3) is 0 Å². The predicted octanol–water partition coefficient (Wildman–Crippen LogP) is -0.474. The van der Waals surface area contributed by atoms with Crippen molar-refractivity contribution in [1.82, 2.24) is 10.4 Å². The number of hydrogen-bond acceptors (Lipinski definition) is 3. The average Bonchev–Trinajstić information content (AvgIpc) is 1.63. The number of nitrogens with one attached hydrogen (secondary N) is 1. The molecule has 1 atom stereocenters. The van der Waals surface area contributed by atoms with Crippen molar-refractivity contribution >= 4 is 5.97 Å². The van der Waals surface area contributed by atoms with Crippen LogP contribution >= 0.6 is 0 Å². The Hall–Kier alpha value is -0.610. The van der Waals surface area contributed by atoms with Crippen LogP contribution in [0.3, 0.4) is 0 Å². The fourth-order valence-corrected chi connectivity index (χ4v) is 0.443. The summed E-state index contributed by atoms with van der Waals surface area (Å²) in [5.41, 5.74) is 2.68. The molecule has 0 bridgehead atoms. The van der Waals surface area contributed by atoms with Gasteiger partial charge in [-0.2, -0.15) is 0 Å². The molecular weight excluding hydrogens is 120 g/mol. The largest absolute Gasteiger partial charge is 0.480 e. The fourth-order valence-electron chi connectivity index (χ4n) is 0.443. The molecule has 0 fully saturated rings. The van der Waals surface area contributed by atoms with E-state index in [1.165, 1.54) is 0 Å². The van der Waals surface area contributed by atoms with Gasteiger partial charge in [0.05, 0.1) is 0 Å². The highest BCUT2D eigenvalue weighted by atomic mass is 16.4. The molecule has 0 aromatic heterocycles. The van der Waals surface area contributed by atoms with E-state index in [4.69, 9.17) is 5.11 Å². The number of hydrazine groups is 1. The maximum absolute atomic E-state index is 10.1. The van der Waals surface area contributed by atoms with Crippen LogP contribution in [0, 0.1) is 0 Å². The Balaban J connectivity index is 3.50. The Labute approximate surface area is 54.4 Å². The minimum atomic E-state index is -0.844. The SMILES string of the molecule is CC(NN(C)C)C(=O)O. The van der Waals surface area contributed by atoms with E-state index in [0.29, 0.717) is 0 Å². The van der Waals surface area contributed by atoms with Gasteiger partial charge in [0, 0.05) is 14.1 Å². The first-order valence-electron chi connectivity index (χ1n) is 2.70. The molecule has 2 N–H and O–H groups in total. The minimum Gasteiger partial charge on any atom is -0.480 e. The third-order valence-electron chi connectivity index (χ3n) is 0.822. The van der Waals surface area contributed by atoms with E-state index >= 15 is 0 Å². The summed E-state index contributed by atoms with van der Waals surface area (Å²) in [7, 11) is 3.50. The van der Waals surface area contributed by atoms with Crippen LogP contribution in [0.4, 0.5) is 0 Å². The Bertz CT molecular complexity index is 103. The summed E-state index contributed by atoms with van der Waals surface area (Å²) >= 11 is 0. The van der Waals surface area contributed by atoms with Crippen molar-refractivity contribution in [1.29, 1.82) is 0 Å². The summed E-state index contributed by atoms with van der Waals surface area (Å²) in [6, 6.07) is -0.514. The molecule has 4 heteroatoms. The van der Waals surface area contributed by atoms with Gasteiger partial charge >= 0.3 is 5.97 Å². The van der Waals surface area contributed by atoms with Crippen LogP contribution < -0.4 is 5.43 Å². The number of aliphatic carboxylic acids is 1. The van der Waals surface area contributed by atoms with Crippen molar-refractivity contribution in [2.75, 3.05) is 14.1 Å². The molecule has 0 saturated carbocycles. The number of carboxylic acid groups (broad SMARTS) is 1. The van der Waals surface area contributed by atoms with Crippen LogP contribution in [0.1, 0.15) is 6.92 Å². The van der Waals surface area contributed by atoms with Crippen LogP contribution in [-0.2, 0) is 4.79 Å². The first kappa shape index (κ1) is 8.39. The van der Waals surface area contributed by atoms with Gasteiger partial charge in [0.1, 0.15) is 6.04 Å². The third kappa shape index (κ3) is 3.93. The lowest BCUT2D eigenvalue weighted by molar-refractivity contribution is -0.140. The molecule has 4 nitrogen and oxygen atoms in total. The molecule has 9 heavy (non-hydrogen) atoms. The van der Waals surface area contributed by atoms with Crippen molar-refractivity contribution in [3.8, 4) is 0 Å². The van der Waals surface area contributed by atoms with E-state index < -0.39 is 12.0 Å². The summed E-state index contributed by atoms with van der Waals surface area (Å²) in [6.07, 6.45) is 0. The highest BCUT2D eigenvalue weighted by molar-refractivity contribution is 5.72. The summed E-state index contributed by atoms with van der Waals surface area (Å²) in [4.78, 5) is 10.1. The van der Waals surface area contributed by atoms with Crippen LogP contribution in [0.5, 0.6) is 0 Å². The third-order valence-corrected chi connectivity index (χ3v) is 0.822. The molecule has 0 aromatic rings. The molecule has 0 aromatic carbocycles. The summed E-state index contributed by atoms with van der Waals surface area (Å²) in [5, 5.41) is 9.95. The minimum absolute atomic E-state index is 0.514. The number of rotatable bonds is 3. The molecule has 54 valence electrons. The molecule has 1 unspecified atom stereocenters. The van der Waals surface area contributed by atoms with E-state index in [9.17, 15) is 4.79 Å². The number of nitrogens with zero attached hydrogens (tertiary/aromatic N) is 1. The molecule has 0 saturated heterocycles. The Morgan fingerprint density at radius 2 is 2.11 bits per heavy atom. The number of hydrogen-bond donors (Lipinski definition) is 2. The predicted molar refractivity (Wildman–Crippen MR) is 33.9 cm³/mol. The zero-order valence-corrected chi connectivity index (χ0v) is 5.88. The topological polar surface area (TPSA) is 52.6 Å². The van der Waals surface area contributed by atoms with Crippen LogP contribution in [0.15, 0.2) is 0 Å². The summed E-state index contributed by atoms with van der Waals surface area (Å²) in [5.74, 6) is -0.844. The molecule has 0 aliphatic rings. The van der Waals surface area contributed by atoms with Crippen LogP contribution in [0.2, 0.25) is 0 Å². The summed E-state index contributed by atoms with van der Waals surface area (Å²) < 4.78 is 0. The van der Waals surface area contributed by atoms with Gasteiger partial charge in [0.2, 0.25) is 0 Å². The maximum atomic E-state index is 10.1. The van der Waals surface area contributed by atoms with Crippen molar-refractivity contribution in [3.05, 3.63) is 0 Å². The highest BCUT2D eigenvalue weighted by Crippen LogP contribution is 1.79. The molecule has 0 rings (SSSR count). The lowest BCUT2D eigenvalue weighted by atomic mass is 10.4. The molecule has 0 radical (unpaired) electrons. The van der Waals surface area contributed by atoms with Crippen LogP contribution in [0.25, 0.3) is 0 Å². The van der Waals surface area contributed by atoms with E-state index in [2.05, 4.69) is 5.43 Å². The first-order valence-corrected chi connectivity index (χ1v) is 2.70. The second kappa shape index (κ2) is 3.42. The standard InChI is InChI=1S/C5H12N2O2/c1-4(5(8)9)6-7(2)3/h4,6H,1-3H3,(H,8,9). The quantitative estimate of drug-likeness (QED) is 0.509. The maximum Gasteiger partial charge on any atom is 0.321 e. The molecule has 0 heterocycles. The Morgan fingerprint density at radius 1 is 1.67 bits per heavy atom. The number of carboxylic acids is 1. The molecule has 0 aliphatic heterocycles. The highest BCUT2D eigenvalue weighted by Gasteiger charge is 2.09. The first-order chi connectivity index (χ1) is 4.04. The molecule has 0 aliphatic carbocycles. The normalized spacial score (nSPS) is 13.8. The van der Waals surface area contributed by atoms with E-state index in [-0.39, 0.29) is 0 Å². The van der Waals surface area contributed by atoms with Crippen LogP contribution in [-0.4, -0.2) is 36.2 Å². The van der Waals surface area contributed by atoms with Gasteiger partial charge in [-0.05, 0) is 6.92 Å². The van der Waals surface area contributed by atoms with Gasteiger partial charge in [-0.25, -0.2) is 10.4 Å². The van der Waals surface area contributed by atoms with Crippen molar-refractivity contribution in [2.24, 2.45) is 0 Å². The molecule has 0 amide bonds. The lowest BCUT2D eigenvalue weighted by Crippen LogP contribution is -2.42. The fraction of sp³-hybridized carbons (Fsp3) is 0.800. The van der Waals surface area contributed by atoms with Gasteiger partial charge in [-0.1, -0.05) is 0 Å². The monoisotopic (exact) mass is 132 g/mol. The lowest BCUT2D eigenvalue weighted by Gasteiger charge is -2.14. The average molecular weight is 132 g/mol. The van der Waals surface area contributed by atoms with E-state index in [1.54, 1.807) is 26.0 Å². The van der Waals surface area contributed by atoms with E-state index in [1.807, 2.05) is 0 Å². The van der Waals surface area contributed by atoms with Crippen molar-refractivity contribution < 1.29 is 9.90 Å². The molecular formula is C5H12N2O2. The van der Waals surface area contributed by atoms with Crippen molar-refractivity contribution in [3.63, 3.8) is 0 Å². The van der Waals surface area contributed by atoms with Gasteiger partial charge in [0.15, 0.2) is 0 Å². The molecule has 0 spiro atoms. The number of carbonyl (C=O) groups is 1. The van der Waals surface area contributed by atoms with Gasteiger partial charge in [-0.3, -0.25) is 4.79 Å². The zero-order chi connectivity index (χ0) is 7.44.